The molecule has 0 spiro atoms. The number of rotatable bonds is 5. The maximum Gasteiger partial charge on any atom is 0.149 e. The first-order valence-electron chi connectivity index (χ1n) is 6.37. The van der Waals surface area contributed by atoms with Gasteiger partial charge in [0.2, 0.25) is 0 Å². The van der Waals surface area contributed by atoms with Crippen LogP contribution in [-0.4, -0.2) is 26.8 Å². The smallest absolute Gasteiger partial charge is 0.149 e. The van der Waals surface area contributed by atoms with E-state index in [9.17, 15) is 0 Å². The summed E-state index contributed by atoms with van der Waals surface area (Å²) in [7, 11) is 0. The molecule has 102 valence electrons. The summed E-state index contributed by atoms with van der Waals surface area (Å²) in [4.78, 5) is 4.50. The van der Waals surface area contributed by atoms with Crippen LogP contribution in [0, 0.1) is 13.8 Å². The Hall–Kier alpha value is -1.33. The molecule has 0 aliphatic rings. The molecule has 5 heteroatoms. The number of benzene rings is 1. The van der Waals surface area contributed by atoms with E-state index in [1.807, 2.05) is 29.8 Å². The summed E-state index contributed by atoms with van der Waals surface area (Å²) in [5.41, 5.74) is 8.47. The number of aryl methyl sites for hydroxylation is 2. The summed E-state index contributed by atoms with van der Waals surface area (Å²) in [5.74, 6) is 2.64. The van der Waals surface area contributed by atoms with E-state index in [0.717, 1.165) is 29.5 Å². The van der Waals surface area contributed by atoms with Crippen LogP contribution in [0.3, 0.4) is 0 Å². The summed E-state index contributed by atoms with van der Waals surface area (Å²) in [6, 6.07) is 8.08. The van der Waals surface area contributed by atoms with E-state index < -0.39 is 0 Å². The van der Waals surface area contributed by atoms with Gasteiger partial charge >= 0.3 is 0 Å². The van der Waals surface area contributed by atoms with Gasteiger partial charge in [-0.25, -0.2) is 9.67 Å². The molecule has 1 heterocycles. The van der Waals surface area contributed by atoms with Gasteiger partial charge < -0.3 is 5.73 Å². The SMILES string of the molecule is CSCC[C@@H](N)c1nc(C)nn1-c1ccccc1C. The molecule has 2 N–H and O–H groups in total. The fourth-order valence-corrected chi connectivity index (χ4v) is 2.51. The number of hydrogen-bond donors (Lipinski definition) is 1. The van der Waals surface area contributed by atoms with E-state index in [0.29, 0.717) is 0 Å². The van der Waals surface area contributed by atoms with Gasteiger partial charge in [-0.15, -0.1) is 0 Å². The van der Waals surface area contributed by atoms with Crippen molar-refractivity contribution < 1.29 is 0 Å². The van der Waals surface area contributed by atoms with Crippen molar-refractivity contribution in [2.45, 2.75) is 26.3 Å². The Bertz CT molecular complexity index is 550. The first-order valence-corrected chi connectivity index (χ1v) is 7.77. The van der Waals surface area contributed by atoms with Gasteiger partial charge in [-0.3, -0.25) is 0 Å². The third-order valence-electron chi connectivity index (χ3n) is 3.05. The van der Waals surface area contributed by atoms with E-state index in [-0.39, 0.29) is 6.04 Å². The zero-order valence-corrected chi connectivity index (χ0v) is 12.4. The molecule has 1 aromatic heterocycles. The molecule has 0 fully saturated rings. The van der Waals surface area contributed by atoms with Crippen LogP contribution in [0.15, 0.2) is 24.3 Å². The Morgan fingerprint density at radius 1 is 1.32 bits per heavy atom. The predicted octanol–water partition coefficient (Wildman–Crippen LogP) is 2.64. The number of para-hydroxylation sites is 1. The zero-order chi connectivity index (χ0) is 13.8. The van der Waals surface area contributed by atoms with Gasteiger partial charge in [0.25, 0.3) is 0 Å². The molecule has 4 nitrogen and oxygen atoms in total. The second-order valence-electron chi connectivity index (χ2n) is 4.60. The number of thioether (sulfide) groups is 1. The van der Waals surface area contributed by atoms with Crippen LogP contribution in [-0.2, 0) is 0 Å². The Kier molecular flexibility index (Phi) is 4.61. The molecule has 1 atom stereocenters. The minimum Gasteiger partial charge on any atom is -0.321 e. The molecular weight excluding hydrogens is 256 g/mol. The fourth-order valence-electron chi connectivity index (χ4n) is 2.02. The molecule has 19 heavy (non-hydrogen) atoms. The predicted molar refractivity (Wildman–Crippen MR) is 80.8 cm³/mol. The van der Waals surface area contributed by atoms with E-state index in [4.69, 9.17) is 5.73 Å². The fraction of sp³-hybridized carbons (Fsp3) is 0.429. The highest BCUT2D eigenvalue weighted by Gasteiger charge is 2.17. The third kappa shape index (κ3) is 3.16. The average molecular weight is 276 g/mol. The molecule has 0 aliphatic carbocycles. The van der Waals surface area contributed by atoms with Gasteiger partial charge in [-0.2, -0.15) is 16.9 Å². The molecule has 1 aromatic carbocycles. The minimum atomic E-state index is -0.0757. The first kappa shape index (κ1) is 14.1. The molecule has 0 aliphatic heterocycles. The highest BCUT2D eigenvalue weighted by molar-refractivity contribution is 7.98. The summed E-state index contributed by atoms with van der Waals surface area (Å²) in [5, 5.41) is 4.49. The Morgan fingerprint density at radius 3 is 2.74 bits per heavy atom. The Morgan fingerprint density at radius 2 is 2.05 bits per heavy atom. The number of hydrogen-bond acceptors (Lipinski definition) is 4. The molecule has 0 amide bonds. The van der Waals surface area contributed by atoms with Gasteiger partial charge in [0.05, 0.1) is 11.7 Å². The Balaban J connectivity index is 2.39. The standard InChI is InChI=1S/C14H20N4S/c1-10-6-4-5-7-13(10)18-14(16-11(2)17-18)12(15)8-9-19-3/h4-7,12H,8-9,15H2,1-3H3/t12-/m1/s1. The van der Waals surface area contributed by atoms with Crippen LogP contribution >= 0.6 is 11.8 Å². The van der Waals surface area contributed by atoms with Crippen molar-refractivity contribution in [2.75, 3.05) is 12.0 Å². The van der Waals surface area contributed by atoms with Crippen molar-refractivity contribution >= 4 is 11.8 Å². The van der Waals surface area contributed by atoms with Gasteiger partial charge in [-0.1, -0.05) is 18.2 Å². The van der Waals surface area contributed by atoms with Crippen LogP contribution in [0.25, 0.3) is 5.69 Å². The van der Waals surface area contributed by atoms with E-state index >= 15 is 0 Å². The van der Waals surface area contributed by atoms with Gasteiger partial charge in [-0.05, 0) is 43.9 Å². The van der Waals surface area contributed by atoms with Crippen molar-refractivity contribution in [3.8, 4) is 5.69 Å². The van der Waals surface area contributed by atoms with Crippen molar-refractivity contribution in [1.29, 1.82) is 0 Å². The van der Waals surface area contributed by atoms with Crippen LogP contribution < -0.4 is 5.73 Å². The highest BCUT2D eigenvalue weighted by atomic mass is 32.2. The lowest BCUT2D eigenvalue weighted by Gasteiger charge is -2.13. The number of nitrogens with zero attached hydrogens (tertiary/aromatic N) is 3. The van der Waals surface area contributed by atoms with Crippen LogP contribution in [0.4, 0.5) is 0 Å². The zero-order valence-electron chi connectivity index (χ0n) is 11.6. The van der Waals surface area contributed by atoms with Gasteiger partial charge in [0, 0.05) is 0 Å². The normalized spacial score (nSPS) is 12.6. The molecule has 0 saturated heterocycles. The lowest BCUT2D eigenvalue weighted by atomic mass is 10.2. The molecule has 0 unspecified atom stereocenters. The van der Waals surface area contributed by atoms with E-state index in [1.165, 1.54) is 5.56 Å². The van der Waals surface area contributed by atoms with Gasteiger partial charge in [0.15, 0.2) is 0 Å². The molecule has 0 saturated carbocycles. The topological polar surface area (TPSA) is 56.7 Å². The number of nitrogens with two attached hydrogens (primary N) is 1. The average Bonchev–Trinajstić information content (AvgIpc) is 2.78. The van der Waals surface area contributed by atoms with Crippen molar-refractivity contribution in [2.24, 2.45) is 5.73 Å². The molecule has 2 rings (SSSR count). The maximum atomic E-state index is 6.25. The lowest BCUT2D eigenvalue weighted by Crippen LogP contribution is -2.17. The van der Waals surface area contributed by atoms with Crippen molar-refractivity contribution in [3.63, 3.8) is 0 Å². The van der Waals surface area contributed by atoms with Gasteiger partial charge in [0.1, 0.15) is 11.6 Å². The van der Waals surface area contributed by atoms with E-state index in [2.05, 4.69) is 29.3 Å². The second kappa shape index (κ2) is 6.21. The summed E-state index contributed by atoms with van der Waals surface area (Å²) >= 11 is 1.80. The van der Waals surface area contributed by atoms with Crippen molar-refractivity contribution in [3.05, 3.63) is 41.5 Å². The third-order valence-corrected chi connectivity index (χ3v) is 3.69. The lowest BCUT2D eigenvalue weighted by molar-refractivity contribution is 0.624. The second-order valence-corrected chi connectivity index (χ2v) is 5.59. The summed E-state index contributed by atoms with van der Waals surface area (Å²) in [6.45, 7) is 3.98. The maximum absolute atomic E-state index is 6.25. The largest absolute Gasteiger partial charge is 0.321 e. The quantitative estimate of drug-likeness (QED) is 0.912. The Labute approximate surface area is 118 Å². The van der Waals surface area contributed by atoms with Crippen LogP contribution in [0.2, 0.25) is 0 Å². The van der Waals surface area contributed by atoms with Crippen LogP contribution in [0.1, 0.15) is 29.7 Å². The monoisotopic (exact) mass is 276 g/mol. The minimum absolute atomic E-state index is 0.0757. The summed E-state index contributed by atoms with van der Waals surface area (Å²) < 4.78 is 1.88. The van der Waals surface area contributed by atoms with E-state index in [1.54, 1.807) is 11.8 Å². The highest BCUT2D eigenvalue weighted by Crippen LogP contribution is 2.20. The van der Waals surface area contributed by atoms with Crippen LogP contribution in [0.5, 0.6) is 0 Å². The van der Waals surface area contributed by atoms with Crippen molar-refractivity contribution in [1.82, 2.24) is 14.8 Å². The molecule has 2 aromatic rings. The molecule has 0 radical (unpaired) electrons. The summed E-state index contributed by atoms with van der Waals surface area (Å²) in [6.07, 6.45) is 3.00. The molecule has 0 bridgehead atoms. The molecular formula is C14H20N4S. The number of aromatic nitrogens is 3. The first-order chi connectivity index (χ1) is 9.13.